The Morgan fingerprint density at radius 1 is 1.28 bits per heavy atom. The molecule has 0 unspecified atom stereocenters. The number of fused-ring (bicyclic) bond motifs is 1. The first-order chi connectivity index (χ1) is 15.2. The molecular formula is C20H14ClN3O7S. The minimum Gasteiger partial charge on any atom is -0.454 e. The van der Waals surface area contributed by atoms with Crippen molar-refractivity contribution >= 4 is 57.9 Å². The van der Waals surface area contributed by atoms with Gasteiger partial charge in [0.2, 0.25) is 12.7 Å². The van der Waals surface area contributed by atoms with Crippen LogP contribution in [0.1, 0.15) is 11.1 Å². The van der Waals surface area contributed by atoms with Gasteiger partial charge in [-0.2, -0.15) is 0 Å². The molecule has 0 bridgehead atoms. The van der Waals surface area contributed by atoms with Crippen molar-refractivity contribution in [2.45, 2.75) is 6.92 Å². The van der Waals surface area contributed by atoms with E-state index in [2.05, 4.69) is 5.32 Å². The van der Waals surface area contributed by atoms with Crippen LogP contribution in [-0.2, 0) is 9.59 Å². The first kappa shape index (κ1) is 21.7. The molecule has 2 aliphatic rings. The number of carbonyl (C=O) groups is 3. The Labute approximate surface area is 190 Å². The molecule has 164 valence electrons. The number of amides is 3. The Morgan fingerprint density at radius 3 is 2.69 bits per heavy atom. The topological polar surface area (TPSA) is 128 Å². The van der Waals surface area contributed by atoms with Gasteiger partial charge in [-0.05, 0) is 48.5 Å². The van der Waals surface area contributed by atoms with Crippen LogP contribution in [0.2, 0.25) is 5.02 Å². The number of halogens is 1. The molecule has 0 atom stereocenters. The quantitative estimate of drug-likeness (QED) is 0.391. The summed E-state index contributed by atoms with van der Waals surface area (Å²) >= 11 is 6.62. The molecule has 4 rings (SSSR count). The van der Waals surface area contributed by atoms with Gasteiger partial charge in [0.25, 0.3) is 16.8 Å². The molecule has 3 amide bonds. The lowest BCUT2D eigenvalue weighted by Gasteiger charge is -2.13. The van der Waals surface area contributed by atoms with Crippen LogP contribution < -0.4 is 14.8 Å². The lowest BCUT2D eigenvalue weighted by Crippen LogP contribution is -2.36. The van der Waals surface area contributed by atoms with Crippen LogP contribution in [0.3, 0.4) is 0 Å². The zero-order valence-electron chi connectivity index (χ0n) is 16.4. The predicted molar refractivity (Wildman–Crippen MR) is 117 cm³/mol. The number of imide groups is 1. The summed E-state index contributed by atoms with van der Waals surface area (Å²) in [4.78, 5) is 48.9. The Bertz CT molecular complexity index is 1210. The summed E-state index contributed by atoms with van der Waals surface area (Å²) in [5, 5.41) is 13.8. The predicted octanol–water partition coefficient (Wildman–Crippen LogP) is 3.96. The minimum atomic E-state index is -0.732. The Kier molecular flexibility index (Phi) is 5.76. The van der Waals surface area contributed by atoms with E-state index in [1.165, 1.54) is 18.2 Å². The molecule has 2 aromatic carbocycles. The highest BCUT2D eigenvalue weighted by Crippen LogP contribution is 2.40. The monoisotopic (exact) mass is 475 g/mol. The fourth-order valence-corrected chi connectivity index (χ4v) is 4.02. The zero-order valence-corrected chi connectivity index (χ0v) is 18.0. The fourth-order valence-electron chi connectivity index (χ4n) is 3.01. The van der Waals surface area contributed by atoms with Crippen molar-refractivity contribution in [3.8, 4) is 11.5 Å². The number of nitrogens with one attached hydrogen (secondary N) is 1. The van der Waals surface area contributed by atoms with E-state index in [1.54, 1.807) is 18.2 Å². The van der Waals surface area contributed by atoms with Crippen LogP contribution >= 0.6 is 23.4 Å². The summed E-state index contributed by atoms with van der Waals surface area (Å²) in [6, 6.07) is 7.48. The number of hydrogen-bond acceptors (Lipinski definition) is 8. The summed E-state index contributed by atoms with van der Waals surface area (Å²) in [5.74, 6) is -0.821. The summed E-state index contributed by atoms with van der Waals surface area (Å²) in [7, 11) is 0. The van der Waals surface area contributed by atoms with Crippen molar-refractivity contribution < 1.29 is 28.8 Å². The van der Waals surface area contributed by atoms with Crippen LogP contribution in [0.15, 0.2) is 35.2 Å². The largest absolute Gasteiger partial charge is 0.454 e. The van der Waals surface area contributed by atoms with E-state index in [0.29, 0.717) is 22.5 Å². The first-order valence-electron chi connectivity index (χ1n) is 9.12. The van der Waals surface area contributed by atoms with Gasteiger partial charge in [0.05, 0.1) is 21.5 Å². The number of aryl methyl sites for hydroxylation is 1. The SMILES string of the molecule is Cc1ccc(NC(=O)CN2C(=O)S/C(=C\c3cc4c(cc3[N+](=O)[O-])OCO4)C2=O)cc1Cl. The van der Waals surface area contributed by atoms with Crippen LogP contribution in [0.4, 0.5) is 16.2 Å². The molecule has 2 heterocycles. The third-order valence-corrected chi connectivity index (χ3v) is 5.95. The summed E-state index contributed by atoms with van der Waals surface area (Å²) in [6.07, 6.45) is 1.22. The van der Waals surface area contributed by atoms with Crippen molar-refractivity contribution in [1.82, 2.24) is 4.90 Å². The number of rotatable bonds is 5. The van der Waals surface area contributed by atoms with Gasteiger partial charge >= 0.3 is 0 Å². The third kappa shape index (κ3) is 4.25. The molecular weight excluding hydrogens is 462 g/mol. The molecule has 1 fully saturated rings. The number of hydrogen-bond donors (Lipinski definition) is 1. The van der Waals surface area contributed by atoms with Crippen molar-refractivity contribution in [2.24, 2.45) is 0 Å². The van der Waals surface area contributed by atoms with Crippen molar-refractivity contribution in [3.05, 3.63) is 61.5 Å². The standard InChI is InChI=1S/C20H14ClN3O7S/c1-10-2-3-12(6-13(10)21)22-18(25)8-23-19(26)17(32-20(23)27)5-11-4-15-16(31-9-30-15)7-14(11)24(28)29/h2-7H,8-9H2,1H3,(H,22,25)/b17-5-. The highest BCUT2D eigenvalue weighted by molar-refractivity contribution is 8.18. The molecule has 2 aromatic rings. The maximum atomic E-state index is 12.7. The van der Waals surface area contributed by atoms with Crippen LogP contribution in [-0.4, -0.2) is 40.2 Å². The number of nitrogens with zero attached hydrogens (tertiary/aromatic N) is 2. The van der Waals surface area contributed by atoms with Gasteiger partial charge < -0.3 is 14.8 Å². The molecule has 1 saturated heterocycles. The van der Waals surface area contributed by atoms with Crippen molar-refractivity contribution in [2.75, 3.05) is 18.7 Å². The number of ether oxygens (including phenoxy) is 2. The molecule has 32 heavy (non-hydrogen) atoms. The fraction of sp³-hybridized carbons (Fsp3) is 0.150. The van der Waals surface area contributed by atoms with Gasteiger partial charge in [-0.1, -0.05) is 17.7 Å². The Morgan fingerprint density at radius 2 is 2.00 bits per heavy atom. The van der Waals surface area contributed by atoms with E-state index in [0.717, 1.165) is 10.5 Å². The van der Waals surface area contributed by atoms with Crippen molar-refractivity contribution in [3.63, 3.8) is 0 Å². The normalized spacial score (nSPS) is 16.1. The Balaban J connectivity index is 1.53. The third-order valence-electron chi connectivity index (χ3n) is 4.64. The Hall–Kier alpha value is -3.57. The van der Waals surface area contributed by atoms with E-state index in [-0.39, 0.29) is 34.4 Å². The van der Waals surface area contributed by atoms with Gasteiger partial charge in [0.1, 0.15) is 6.54 Å². The number of thioether (sulfide) groups is 1. The van der Waals surface area contributed by atoms with E-state index in [4.69, 9.17) is 21.1 Å². The van der Waals surface area contributed by atoms with E-state index < -0.39 is 28.5 Å². The van der Waals surface area contributed by atoms with Crippen LogP contribution in [0.25, 0.3) is 6.08 Å². The number of anilines is 1. The average molecular weight is 476 g/mol. The highest BCUT2D eigenvalue weighted by atomic mass is 35.5. The van der Waals surface area contributed by atoms with Crippen LogP contribution in [0, 0.1) is 17.0 Å². The van der Waals surface area contributed by atoms with Gasteiger partial charge in [-0.15, -0.1) is 0 Å². The van der Waals surface area contributed by atoms with Crippen molar-refractivity contribution in [1.29, 1.82) is 0 Å². The van der Waals surface area contributed by atoms with Crippen LogP contribution in [0.5, 0.6) is 11.5 Å². The first-order valence-corrected chi connectivity index (χ1v) is 10.3. The zero-order chi connectivity index (χ0) is 23.0. The summed E-state index contributed by atoms with van der Waals surface area (Å²) in [5.41, 5.74) is 1.01. The smallest absolute Gasteiger partial charge is 0.294 e. The van der Waals surface area contributed by atoms with E-state index in [9.17, 15) is 24.5 Å². The van der Waals surface area contributed by atoms with E-state index >= 15 is 0 Å². The summed E-state index contributed by atoms with van der Waals surface area (Å²) in [6.45, 7) is 1.22. The molecule has 2 aliphatic heterocycles. The summed E-state index contributed by atoms with van der Waals surface area (Å²) < 4.78 is 10.4. The van der Waals surface area contributed by atoms with Gasteiger partial charge in [-0.3, -0.25) is 29.4 Å². The number of nitro groups is 1. The number of nitro benzene ring substituents is 1. The molecule has 0 spiro atoms. The maximum absolute atomic E-state index is 12.7. The molecule has 1 N–H and O–H groups in total. The second-order valence-electron chi connectivity index (χ2n) is 6.80. The number of benzene rings is 2. The molecule has 10 nitrogen and oxygen atoms in total. The van der Waals surface area contributed by atoms with Gasteiger partial charge in [0, 0.05) is 10.7 Å². The second-order valence-corrected chi connectivity index (χ2v) is 8.20. The second kappa shape index (κ2) is 8.52. The number of carbonyl (C=O) groups excluding carboxylic acids is 3. The molecule has 0 radical (unpaired) electrons. The average Bonchev–Trinajstić information content (AvgIpc) is 3.29. The molecule has 12 heteroatoms. The maximum Gasteiger partial charge on any atom is 0.294 e. The van der Waals surface area contributed by atoms with E-state index in [1.807, 2.05) is 6.92 Å². The molecule has 0 aromatic heterocycles. The lowest BCUT2D eigenvalue weighted by atomic mass is 10.1. The van der Waals surface area contributed by atoms with Gasteiger partial charge in [0.15, 0.2) is 11.5 Å². The highest BCUT2D eigenvalue weighted by Gasteiger charge is 2.37. The molecule has 0 saturated carbocycles. The van der Waals surface area contributed by atoms with Gasteiger partial charge in [-0.25, -0.2) is 0 Å². The minimum absolute atomic E-state index is 0.0526. The lowest BCUT2D eigenvalue weighted by molar-refractivity contribution is -0.385. The molecule has 0 aliphatic carbocycles.